The van der Waals surface area contributed by atoms with Crippen molar-refractivity contribution in [2.75, 3.05) is 25.4 Å². The zero-order chi connectivity index (χ0) is 11.6. The summed E-state index contributed by atoms with van der Waals surface area (Å²) in [5.74, 6) is 0.787. The first-order valence-corrected chi connectivity index (χ1v) is 7.90. The van der Waals surface area contributed by atoms with Crippen LogP contribution < -0.4 is 5.32 Å². The molecule has 17 heavy (non-hydrogen) atoms. The van der Waals surface area contributed by atoms with Gasteiger partial charge >= 0.3 is 0 Å². The highest BCUT2D eigenvalue weighted by molar-refractivity contribution is 7.89. The number of halogens is 1. The molecule has 1 aliphatic heterocycles. The summed E-state index contributed by atoms with van der Waals surface area (Å²) in [5, 5.41) is 3.27. The minimum atomic E-state index is -3.01. The molecule has 0 aromatic carbocycles. The van der Waals surface area contributed by atoms with Crippen LogP contribution >= 0.6 is 12.4 Å². The van der Waals surface area contributed by atoms with Gasteiger partial charge < -0.3 is 5.32 Å². The fraction of sp³-hybridized carbons (Fsp3) is 1.00. The van der Waals surface area contributed by atoms with Gasteiger partial charge in [-0.1, -0.05) is 12.8 Å². The maximum atomic E-state index is 12.2. The maximum Gasteiger partial charge on any atom is 0.214 e. The van der Waals surface area contributed by atoms with Crippen LogP contribution in [0.5, 0.6) is 0 Å². The van der Waals surface area contributed by atoms with E-state index in [1.807, 2.05) is 6.92 Å². The van der Waals surface area contributed by atoms with E-state index in [0.29, 0.717) is 24.8 Å². The zero-order valence-electron chi connectivity index (χ0n) is 10.4. The minimum absolute atomic E-state index is 0. The van der Waals surface area contributed by atoms with Crippen LogP contribution in [0.15, 0.2) is 0 Å². The Morgan fingerprint density at radius 1 is 1.29 bits per heavy atom. The van der Waals surface area contributed by atoms with Crippen molar-refractivity contribution in [1.82, 2.24) is 9.62 Å². The van der Waals surface area contributed by atoms with Crippen LogP contribution in [-0.4, -0.2) is 44.2 Å². The molecule has 4 nitrogen and oxygen atoms in total. The molecular weight excluding hydrogens is 260 g/mol. The zero-order valence-corrected chi connectivity index (χ0v) is 12.0. The molecule has 2 rings (SSSR count). The smallest absolute Gasteiger partial charge is 0.214 e. The van der Waals surface area contributed by atoms with Crippen molar-refractivity contribution in [3.63, 3.8) is 0 Å². The summed E-state index contributed by atoms with van der Waals surface area (Å²) in [4.78, 5) is 0. The highest BCUT2D eigenvalue weighted by Gasteiger charge is 2.30. The van der Waals surface area contributed by atoms with Crippen molar-refractivity contribution in [2.24, 2.45) is 5.92 Å². The third-order valence-electron chi connectivity index (χ3n) is 3.65. The van der Waals surface area contributed by atoms with Crippen LogP contribution in [0.2, 0.25) is 0 Å². The largest absolute Gasteiger partial charge is 0.312 e. The van der Waals surface area contributed by atoms with E-state index in [9.17, 15) is 8.42 Å². The summed E-state index contributed by atoms with van der Waals surface area (Å²) >= 11 is 0. The van der Waals surface area contributed by atoms with Crippen molar-refractivity contribution >= 4 is 22.4 Å². The molecule has 1 atom stereocenters. The first kappa shape index (κ1) is 15.2. The number of hydrogen-bond donors (Lipinski definition) is 1. The van der Waals surface area contributed by atoms with Crippen molar-refractivity contribution in [3.05, 3.63) is 0 Å². The summed E-state index contributed by atoms with van der Waals surface area (Å²) in [5.41, 5.74) is 0. The molecule has 1 aliphatic carbocycles. The lowest BCUT2D eigenvalue weighted by atomic mass is 10.1. The van der Waals surface area contributed by atoms with Gasteiger partial charge in [-0.05, 0) is 25.7 Å². The standard InChI is InChI=1S/C11H22N2O2S.ClH/c1-10-8-13(7-6-12-10)16(14,15)9-11-4-2-3-5-11;/h10-12H,2-9H2,1H3;1H/t10-;/m0./s1. The van der Waals surface area contributed by atoms with E-state index in [1.165, 1.54) is 12.8 Å². The Kier molecular flexibility index (Phi) is 5.70. The molecule has 1 N–H and O–H groups in total. The van der Waals surface area contributed by atoms with Gasteiger partial charge in [0.2, 0.25) is 10.0 Å². The summed E-state index contributed by atoms with van der Waals surface area (Å²) in [7, 11) is -3.01. The van der Waals surface area contributed by atoms with E-state index in [4.69, 9.17) is 0 Å². The van der Waals surface area contributed by atoms with Crippen LogP contribution in [0.25, 0.3) is 0 Å². The Morgan fingerprint density at radius 3 is 2.53 bits per heavy atom. The van der Waals surface area contributed by atoms with Crippen molar-refractivity contribution < 1.29 is 8.42 Å². The minimum Gasteiger partial charge on any atom is -0.312 e. The molecule has 0 radical (unpaired) electrons. The predicted octanol–water partition coefficient (Wildman–Crippen LogP) is 1.22. The number of rotatable bonds is 3. The average Bonchev–Trinajstić information content (AvgIpc) is 2.70. The van der Waals surface area contributed by atoms with Gasteiger partial charge in [0.25, 0.3) is 0 Å². The average molecular weight is 283 g/mol. The van der Waals surface area contributed by atoms with Crippen LogP contribution in [0.4, 0.5) is 0 Å². The molecular formula is C11H23ClN2O2S. The van der Waals surface area contributed by atoms with E-state index in [2.05, 4.69) is 5.32 Å². The Bertz CT molecular complexity index is 328. The number of sulfonamides is 1. The van der Waals surface area contributed by atoms with Crippen LogP contribution in [0.3, 0.4) is 0 Å². The summed E-state index contributed by atoms with van der Waals surface area (Å²) in [6.45, 7) is 4.09. The molecule has 1 saturated carbocycles. The van der Waals surface area contributed by atoms with E-state index in [1.54, 1.807) is 4.31 Å². The Hall–Kier alpha value is 0.160. The van der Waals surface area contributed by atoms with Crippen LogP contribution in [0, 0.1) is 5.92 Å². The second-order valence-electron chi connectivity index (χ2n) is 5.14. The number of piperazine rings is 1. The van der Waals surface area contributed by atoms with Crippen LogP contribution in [-0.2, 0) is 10.0 Å². The Morgan fingerprint density at radius 2 is 1.94 bits per heavy atom. The van der Waals surface area contributed by atoms with E-state index < -0.39 is 10.0 Å². The van der Waals surface area contributed by atoms with E-state index in [-0.39, 0.29) is 18.4 Å². The molecule has 0 bridgehead atoms. The maximum absolute atomic E-state index is 12.2. The highest BCUT2D eigenvalue weighted by Crippen LogP contribution is 2.27. The molecule has 6 heteroatoms. The number of nitrogens with one attached hydrogen (secondary N) is 1. The quantitative estimate of drug-likeness (QED) is 0.847. The van der Waals surface area contributed by atoms with E-state index in [0.717, 1.165) is 19.4 Å². The second-order valence-corrected chi connectivity index (χ2v) is 7.16. The molecule has 2 fully saturated rings. The van der Waals surface area contributed by atoms with Crippen molar-refractivity contribution in [2.45, 2.75) is 38.6 Å². The molecule has 0 aromatic rings. The fourth-order valence-electron chi connectivity index (χ4n) is 2.73. The number of hydrogen-bond acceptors (Lipinski definition) is 3. The lowest BCUT2D eigenvalue weighted by molar-refractivity contribution is 0.308. The molecule has 0 aromatic heterocycles. The van der Waals surface area contributed by atoms with Gasteiger partial charge in [0.05, 0.1) is 5.75 Å². The summed E-state index contributed by atoms with van der Waals surface area (Å²) in [6.07, 6.45) is 4.61. The first-order chi connectivity index (χ1) is 7.58. The Labute approximate surface area is 111 Å². The van der Waals surface area contributed by atoms with E-state index >= 15 is 0 Å². The van der Waals surface area contributed by atoms with Gasteiger partial charge in [-0.2, -0.15) is 4.31 Å². The summed E-state index contributed by atoms with van der Waals surface area (Å²) < 4.78 is 26.0. The predicted molar refractivity (Wildman–Crippen MR) is 72.0 cm³/mol. The SMILES string of the molecule is C[C@H]1CN(S(=O)(=O)CC2CCCC2)CCN1.Cl. The van der Waals surface area contributed by atoms with Gasteiger partial charge in [-0.3, -0.25) is 0 Å². The van der Waals surface area contributed by atoms with Crippen LogP contribution in [0.1, 0.15) is 32.6 Å². The number of nitrogens with zero attached hydrogens (tertiary/aromatic N) is 1. The molecule has 1 saturated heterocycles. The molecule has 0 spiro atoms. The van der Waals surface area contributed by atoms with Crippen molar-refractivity contribution in [1.29, 1.82) is 0 Å². The van der Waals surface area contributed by atoms with Gasteiger partial charge in [-0.25, -0.2) is 8.42 Å². The lowest BCUT2D eigenvalue weighted by Crippen LogP contribution is -2.52. The fourth-order valence-corrected chi connectivity index (χ4v) is 4.69. The molecule has 102 valence electrons. The highest BCUT2D eigenvalue weighted by atomic mass is 35.5. The summed E-state index contributed by atoms with van der Waals surface area (Å²) in [6, 6.07) is 0.284. The monoisotopic (exact) mass is 282 g/mol. The van der Waals surface area contributed by atoms with Gasteiger partial charge in [0.1, 0.15) is 0 Å². The normalized spacial score (nSPS) is 27.9. The third-order valence-corrected chi connectivity index (χ3v) is 5.66. The third kappa shape index (κ3) is 4.09. The molecule has 1 heterocycles. The molecule has 0 unspecified atom stereocenters. The van der Waals surface area contributed by atoms with Gasteiger partial charge in [0.15, 0.2) is 0 Å². The van der Waals surface area contributed by atoms with Gasteiger partial charge in [-0.15, -0.1) is 12.4 Å². The first-order valence-electron chi connectivity index (χ1n) is 6.29. The van der Waals surface area contributed by atoms with Gasteiger partial charge in [0, 0.05) is 25.7 Å². The van der Waals surface area contributed by atoms with Crippen molar-refractivity contribution in [3.8, 4) is 0 Å². The Balaban J connectivity index is 0.00000144. The lowest BCUT2D eigenvalue weighted by Gasteiger charge is -2.31. The molecule has 0 amide bonds. The topological polar surface area (TPSA) is 49.4 Å². The molecule has 2 aliphatic rings. The second kappa shape index (κ2) is 6.36.